The molecule has 22 heavy (non-hydrogen) atoms. The fraction of sp³-hybridized carbons (Fsp3) is 0.571. The molecule has 2 aliphatic rings. The highest BCUT2D eigenvalue weighted by atomic mass is 35.5. The lowest BCUT2D eigenvalue weighted by Gasteiger charge is -2.37. The van der Waals surface area contributed by atoms with E-state index < -0.39 is 9.84 Å². The zero-order valence-corrected chi connectivity index (χ0v) is 13.7. The van der Waals surface area contributed by atoms with Gasteiger partial charge in [-0.2, -0.15) is 0 Å². The van der Waals surface area contributed by atoms with E-state index >= 15 is 0 Å². The highest BCUT2D eigenvalue weighted by Crippen LogP contribution is 2.20. The number of hydrogen-bond donors (Lipinski definition) is 0. The van der Waals surface area contributed by atoms with E-state index in [1.807, 2.05) is 0 Å². The van der Waals surface area contributed by atoms with E-state index in [1.165, 1.54) is 6.20 Å². The molecule has 0 bridgehead atoms. The van der Waals surface area contributed by atoms with Gasteiger partial charge in [0, 0.05) is 38.4 Å². The summed E-state index contributed by atoms with van der Waals surface area (Å²) in [4.78, 5) is 20.3. The maximum Gasteiger partial charge on any atom is 0.255 e. The Morgan fingerprint density at radius 1 is 1.23 bits per heavy atom. The van der Waals surface area contributed by atoms with Gasteiger partial charge >= 0.3 is 0 Å². The highest BCUT2D eigenvalue weighted by Gasteiger charge is 2.34. The van der Waals surface area contributed by atoms with Gasteiger partial charge in [-0.05, 0) is 18.6 Å². The molecule has 1 aromatic rings. The van der Waals surface area contributed by atoms with Crippen molar-refractivity contribution in [1.82, 2.24) is 14.8 Å². The van der Waals surface area contributed by atoms with Crippen LogP contribution in [0.5, 0.6) is 0 Å². The summed E-state index contributed by atoms with van der Waals surface area (Å²) in [5.41, 5.74) is 0.529. The number of halogens is 1. The lowest BCUT2D eigenvalue weighted by Crippen LogP contribution is -2.52. The highest BCUT2D eigenvalue weighted by molar-refractivity contribution is 7.91. The lowest BCUT2D eigenvalue weighted by atomic mass is 10.1. The molecule has 0 radical (unpaired) electrons. The molecule has 1 amide bonds. The van der Waals surface area contributed by atoms with Gasteiger partial charge in [-0.3, -0.25) is 9.69 Å². The van der Waals surface area contributed by atoms with E-state index in [0.29, 0.717) is 43.3 Å². The molecule has 0 saturated carbocycles. The Bertz CT molecular complexity index is 654. The van der Waals surface area contributed by atoms with Gasteiger partial charge in [-0.15, -0.1) is 0 Å². The van der Waals surface area contributed by atoms with Crippen LogP contribution in [0.1, 0.15) is 16.8 Å². The minimum atomic E-state index is -2.86. The fourth-order valence-corrected chi connectivity index (χ4v) is 4.91. The third kappa shape index (κ3) is 3.42. The molecule has 1 atom stereocenters. The maximum atomic E-state index is 12.4. The number of sulfone groups is 1. The zero-order valence-electron chi connectivity index (χ0n) is 12.1. The maximum absolute atomic E-state index is 12.4. The van der Waals surface area contributed by atoms with Gasteiger partial charge in [0.25, 0.3) is 5.91 Å². The van der Waals surface area contributed by atoms with Crippen molar-refractivity contribution in [3.05, 3.63) is 29.0 Å². The van der Waals surface area contributed by atoms with E-state index in [4.69, 9.17) is 11.6 Å². The van der Waals surface area contributed by atoms with Crippen molar-refractivity contribution in [2.75, 3.05) is 37.7 Å². The first-order chi connectivity index (χ1) is 10.4. The van der Waals surface area contributed by atoms with Gasteiger partial charge in [0.2, 0.25) is 0 Å². The van der Waals surface area contributed by atoms with E-state index in [1.54, 1.807) is 17.0 Å². The molecule has 2 fully saturated rings. The smallest absolute Gasteiger partial charge is 0.255 e. The number of amides is 1. The number of carbonyl (C=O) groups is 1. The normalized spacial score (nSPS) is 25.3. The molecule has 0 N–H and O–H groups in total. The number of hydrogen-bond acceptors (Lipinski definition) is 5. The summed E-state index contributed by atoms with van der Waals surface area (Å²) in [5, 5.41) is 0.365. The number of rotatable bonds is 2. The van der Waals surface area contributed by atoms with Crippen molar-refractivity contribution < 1.29 is 13.2 Å². The van der Waals surface area contributed by atoms with Crippen LogP contribution < -0.4 is 0 Å². The Balaban J connectivity index is 1.57. The van der Waals surface area contributed by atoms with E-state index in [9.17, 15) is 13.2 Å². The van der Waals surface area contributed by atoms with Crippen molar-refractivity contribution in [1.29, 1.82) is 0 Å². The third-order valence-corrected chi connectivity index (χ3v) is 6.27. The Morgan fingerprint density at radius 3 is 2.50 bits per heavy atom. The molecule has 0 spiro atoms. The predicted octanol–water partition coefficient (Wildman–Crippen LogP) is 0.680. The summed E-state index contributed by atoms with van der Waals surface area (Å²) in [6.45, 7) is 2.65. The summed E-state index contributed by atoms with van der Waals surface area (Å²) in [6, 6.07) is 3.39. The molecular formula is C14H18ClN3O3S. The Hall–Kier alpha value is -1.18. The summed E-state index contributed by atoms with van der Waals surface area (Å²) in [5.74, 6) is 0.484. The van der Waals surface area contributed by atoms with Crippen LogP contribution in [-0.4, -0.2) is 72.8 Å². The first-order valence-electron chi connectivity index (χ1n) is 7.30. The van der Waals surface area contributed by atoms with Crippen molar-refractivity contribution in [2.45, 2.75) is 12.5 Å². The summed E-state index contributed by atoms with van der Waals surface area (Å²) in [7, 11) is -2.86. The summed E-state index contributed by atoms with van der Waals surface area (Å²) < 4.78 is 23.1. The molecule has 8 heteroatoms. The van der Waals surface area contributed by atoms with Crippen LogP contribution in [0.4, 0.5) is 0 Å². The van der Waals surface area contributed by atoms with Crippen LogP contribution in [0.3, 0.4) is 0 Å². The molecule has 1 aromatic heterocycles. The second kappa shape index (κ2) is 6.14. The molecule has 2 aliphatic heterocycles. The molecule has 3 heterocycles. The van der Waals surface area contributed by atoms with E-state index in [-0.39, 0.29) is 23.5 Å². The van der Waals surface area contributed by atoms with Crippen molar-refractivity contribution in [2.24, 2.45) is 0 Å². The average molecular weight is 344 g/mol. The Morgan fingerprint density at radius 2 is 1.95 bits per heavy atom. The molecule has 2 saturated heterocycles. The van der Waals surface area contributed by atoms with Crippen molar-refractivity contribution in [3.63, 3.8) is 0 Å². The molecule has 0 unspecified atom stereocenters. The quantitative estimate of drug-likeness (QED) is 0.738. The number of piperazine rings is 1. The second-order valence-electron chi connectivity index (χ2n) is 5.75. The number of nitrogens with zero attached hydrogens (tertiary/aromatic N) is 3. The van der Waals surface area contributed by atoms with Crippen LogP contribution in [0.15, 0.2) is 18.3 Å². The van der Waals surface area contributed by atoms with Crippen LogP contribution >= 0.6 is 11.6 Å². The van der Waals surface area contributed by atoms with Gasteiger partial charge in [0.15, 0.2) is 9.84 Å². The monoisotopic (exact) mass is 343 g/mol. The first kappa shape index (κ1) is 15.7. The molecule has 3 rings (SSSR count). The molecule has 0 aliphatic carbocycles. The van der Waals surface area contributed by atoms with Crippen LogP contribution in [0.25, 0.3) is 0 Å². The standard InChI is InChI=1S/C14H18ClN3O3S/c15-13-2-1-11(9-16-13)14(19)18-6-4-17(5-7-18)12-3-8-22(20,21)10-12/h1-2,9,12H,3-8,10H2/t12-/m1/s1. The number of aromatic nitrogens is 1. The minimum absolute atomic E-state index is 0.0529. The number of pyridine rings is 1. The Kier molecular flexibility index (Phi) is 4.38. The van der Waals surface area contributed by atoms with Gasteiger partial charge in [0.1, 0.15) is 5.15 Å². The minimum Gasteiger partial charge on any atom is -0.336 e. The third-order valence-electron chi connectivity index (χ3n) is 4.30. The summed E-state index contributed by atoms with van der Waals surface area (Å²) in [6.07, 6.45) is 2.19. The van der Waals surface area contributed by atoms with Gasteiger partial charge in [0.05, 0.1) is 17.1 Å². The van der Waals surface area contributed by atoms with E-state index in [2.05, 4.69) is 9.88 Å². The molecule has 6 nitrogen and oxygen atoms in total. The summed E-state index contributed by atoms with van der Waals surface area (Å²) >= 11 is 5.73. The lowest BCUT2D eigenvalue weighted by molar-refractivity contribution is 0.0587. The van der Waals surface area contributed by atoms with Crippen molar-refractivity contribution >= 4 is 27.3 Å². The average Bonchev–Trinajstić information content (AvgIpc) is 2.88. The van der Waals surface area contributed by atoms with Crippen LogP contribution in [0.2, 0.25) is 5.15 Å². The fourth-order valence-electron chi connectivity index (χ4n) is 3.04. The zero-order chi connectivity index (χ0) is 15.7. The van der Waals surface area contributed by atoms with Gasteiger partial charge in [-0.25, -0.2) is 13.4 Å². The first-order valence-corrected chi connectivity index (χ1v) is 9.50. The second-order valence-corrected chi connectivity index (χ2v) is 8.37. The van der Waals surface area contributed by atoms with E-state index in [0.717, 1.165) is 0 Å². The number of carbonyl (C=O) groups excluding carboxylic acids is 1. The Labute approximate surface area is 135 Å². The molecule has 0 aromatic carbocycles. The largest absolute Gasteiger partial charge is 0.336 e. The topological polar surface area (TPSA) is 70.6 Å². The van der Waals surface area contributed by atoms with Gasteiger partial charge < -0.3 is 4.90 Å². The predicted molar refractivity (Wildman–Crippen MR) is 83.8 cm³/mol. The van der Waals surface area contributed by atoms with Crippen LogP contribution in [-0.2, 0) is 9.84 Å². The van der Waals surface area contributed by atoms with Crippen LogP contribution in [0, 0.1) is 0 Å². The van der Waals surface area contributed by atoms with Crippen molar-refractivity contribution in [3.8, 4) is 0 Å². The molecule has 120 valence electrons. The van der Waals surface area contributed by atoms with Gasteiger partial charge in [-0.1, -0.05) is 11.6 Å². The SMILES string of the molecule is O=C(c1ccc(Cl)nc1)N1CCN([C@@H]2CCS(=O)(=O)C2)CC1. The molecular weight excluding hydrogens is 326 g/mol.